The van der Waals surface area contributed by atoms with Crippen LogP contribution >= 0.6 is 0 Å². The second kappa shape index (κ2) is 5.76. The minimum absolute atomic E-state index is 0.121. The first-order valence-corrected chi connectivity index (χ1v) is 5.58. The van der Waals surface area contributed by atoms with Crippen LogP contribution in [0.25, 0.3) is 0 Å². The monoisotopic (exact) mass is 207 g/mol. The van der Waals surface area contributed by atoms with E-state index in [1.165, 1.54) is 5.56 Å². The van der Waals surface area contributed by atoms with Gasteiger partial charge in [-0.15, -0.1) is 0 Å². The number of hydrogen-bond acceptors (Lipinski definition) is 2. The Labute approximate surface area is 92.4 Å². The molecule has 84 valence electrons. The predicted molar refractivity (Wildman–Crippen MR) is 64.1 cm³/mol. The van der Waals surface area contributed by atoms with Crippen molar-refractivity contribution in [3.05, 3.63) is 29.8 Å². The molecule has 15 heavy (non-hydrogen) atoms. The topological polar surface area (TPSA) is 35.2 Å². The van der Waals surface area contributed by atoms with E-state index in [1.807, 2.05) is 18.2 Å². The van der Waals surface area contributed by atoms with E-state index in [2.05, 4.69) is 26.8 Å². The van der Waals surface area contributed by atoms with Crippen LogP contribution in [-0.4, -0.2) is 12.6 Å². The summed E-state index contributed by atoms with van der Waals surface area (Å²) in [6.07, 6.45) is 1.10. The molecule has 0 amide bonds. The lowest BCUT2D eigenvalue weighted by Crippen LogP contribution is -2.34. The molecular weight excluding hydrogens is 186 g/mol. The van der Waals surface area contributed by atoms with E-state index in [-0.39, 0.29) is 6.04 Å². The molecule has 2 unspecified atom stereocenters. The fraction of sp³-hybridized carbons (Fsp3) is 0.538. The summed E-state index contributed by atoms with van der Waals surface area (Å²) < 4.78 is 5.65. The molecule has 0 spiro atoms. The van der Waals surface area contributed by atoms with Crippen molar-refractivity contribution in [1.29, 1.82) is 0 Å². The molecule has 0 aliphatic carbocycles. The Balaban J connectivity index is 2.43. The quantitative estimate of drug-likeness (QED) is 0.805. The normalized spacial score (nSPS) is 14.7. The minimum Gasteiger partial charge on any atom is -0.492 e. The van der Waals surface area contributed by atoms with E-state index in [9.17, 15) is 0 Å². The summed E-state index contributed by atoms with van der Waals surface area (Å²) in [5.74, 6) is 1.42. The van der Waals surface area contributed by atoms with Crippen molar-refractivity contribution in [2.75, 3.05) is 6.61 Å². The molecule has 0 aliphatic rings. The van der Waals surface area contributed by atoms with Crippen molar-refractivity contribution in [2.24, 2.45) is 11.7 Å². The molecule has 2 N–H and O–H groups in total. The summed E-state index contributed by atoms with van der Waals surface area (Å²) >= 11 is 0. The molecule has 1 aromatic rings. The molecule has 2 nitrogen and oxygen atoms in total. The number of ether oxygens (including phenoxy) is 1. The largest absolute Gasteiger partial charge is 0.492 e. The maximum absolute atomic E-state index is 5.99. The van der Waals surface area contributed by atoms with Crippen LogP contribution in [0.1, 0.15) is 25.8 Å². The molecule has 0 aromatic heterocycles. The van der Waals surface area contributed by atoms with E-state index in [0.29, 0.717) is 12.5 Å². The zero-order valence-corrected chi connectivity index (χ0v) is 9.86. The van der Waals surface area contributed by atoms with Gasteiger partial charge in [0.2, 0.25) is 0 Å². The summed E-state index contributed by atoms with van der Waals surface area (Å²) in [5, 5.41) is 0. The Bertz CT molecular complexity index is 298. The SMILES string of the molecule is CCC(C)C(N)COc1cccc(C)c1. The Kier molecular flexibility index (Phi) is 4.63. The summed E-state index contributed by atoms with van der Waals surface area (Å²) in [7, 11) is 0. The molecule has 2 atom stereocenters. The lowest BCUT2D eigenvalue weighted by atomic mass is 10.0. The fourth-order valence-corrected chi connectivity index (χ4v) is 1.36. The van der Waals surface area contributed by atoms with Crippen LogP contribution in [-0.2, 0) is 0 Å². The van der Waals surface area contributed by atoms with Gasteiger partial charge in [-0.2, -0.15) is 0 Å². The molecule has 0 bridgehead atoms. The van der Waals surface area contributed by atoms with Crippen LogP contribution in [0.15, 0.2) is 24.3 Å². The third-order valence-corrected chi connectivity index (χ3v) is 2.81. The van der Waals surface area contributed by atoms with Crippen molar-refractivity contribution in [2.45, 2.75) is 33.2 Å². The molecule has 0 aliphatic heterocycles. The van der Waals surface area contributed by atoms with E-state index >= 15 is 0 Å². The number of aryl methyl sites for hydroxylation is 1. The summed E-state index contributed by atoms with van der Waals surface area (Å²) in [6.45, 7) is 6.96. The van der Waals surface area contributed by atoms with Gasteiger partial charge >= 0.3 is 0 Å². The van der Waals surface area contributed by atoms with Crippen molar-refractivity contribution in [3.8, 4) is 5.75 Å². The summed E-state index contributed by atoms with van der Waals surface area (Å²) in [4.78, 5) is 0. The third kappa shape index (κ3) is 3.92. The number of hydrogen-bond donors (Lipinski definition) is 1. The minimum atomic E-state index is 0.121. The highest BCUT2D eigenvalue weighted by Crippen LogP contribution is 2.14. The first-order chi connectivity index (χ1) is 7.13. The van der Waals surface area contributed by atoms with Crippen LogP contribution in [0.3, 0.4) is 0 Å². The Morgan fingerprint density at radius 2 is 2.13 bits per heavy atom. The van der Waals surface area contributed by atoms with Crippen LogP contribution in [0, 0.1) is 12.8 Å². The van der Waals surface area contributed by atoms with Gasteiger partial charge in [-0.05, 0) is 30.5 Å². The van der Waals surface area contributed by atoms with Gasteiger partial charge in [-0.1, -0.05) is 32.4 Å². The molecule has 2 heteroatoms. The Morgan fingerprint density at radius 1 is 1.40 bits per heavy atom. The highest BCUT2D eigenvalue weighted by molar-refractivity contribution is 5.27. The van der Waals surface area contributed by atoms with Gasteiger partial charge in [0.15, 0.2) is 0 Å². The van der Waals surface area contributed by atoms with Gasteiger partial charge in [-0.25, -0.2) is 0 Å². The summed E-state index contributed by atoms with van der Waals surface area (Å²) in [6, 6.07) is 8.18. The number of rotatable bonds is 5. The zero-order valence-electron chi connectivity index (χ0n) is 9.86. The predicted octanol–water partition coefficient (Wildman–Crippen LogP) is 2.75. The molecule has 1 aromatic carbocycles. The first-order valence-electron chi connectivity index (χ1n) is 5.58. The molecule has 0 saturated heterocycles. The molecule has 0 saturated carbocycles. The van der Waals surface area contributed by atoms with Gasteiger partial charge in [0.25, 0.3) is 0 Å². The zero-order chi connectivity index (χ0) is 11.3. The van der Waals surface area contributed by atoms with Crippen LogP contribution in [0.2, 0.25) is 0 Å². The van der Waals surface area contributed by atoms with Gasteiger partial charge in [0.05, 0.1) is 0 Å². The van der Waals surface area contributed by atoms with Crippen molar-refractivity contribution in [1.82, 2.24) is 0 Å². The van der Waals surface area contributed by atoms with E-state index in [4.69, 9.17) is 10.5 Å². The molecule has 0 fully saturated rings. The molecule has 1 rings (SSSR count). The Hall–Kier alpha value is -1.02. The van der Waals surface area contributed by atoms with Crippen LogP contribution in [0.4, 0.5) is 0 Å². The molecule has 0 heterocycles. The lowest BCUT2D eigenvalue weighted by Gasteiger charge is -2.18. The second-order valence-electron chi connectivity index (χ2n) is 4.18. The van der Waals surface area contributed by atoms with E-state index in [0.717, 1.165) is 12.2 Å². The highest BCUT2D eigenvalue weighted by Gasteiger charge is 2.10. The van der Waals surface area contributed by atoms with Gasteiger partial charge in [0.1, 0.15) is 12.4 Å². The fourth-order valence-electron chi connectivity index (χ4n) is 1.36. The first kappa shape index (κ1) is 12.1. The molecular formula is C13H21NO. The Morgan fingerprint density at radius 3 is 2.73 bits per heavy atom. The average Bonchev–Trinajstić information content (AvgIpc) is 2.25. The van der Waals surface area contributed by atoms with E-state index < -0.39 is 0 Å². The summed E-state index contributed by atoms with van der Waals surface area (Å²) in [5.41, 5.74) is 7.20. The highest BCUT2D eigenvalue weighted by atomic mass is 16.5. The number of nitrogens with two attached hydrogens (primary N) is 1. The van der Waals surface area contributed by atoms with Crippen molar-refractivity contribution in [3.63, 3.8) is 0 Å². The van der Waals surface area contributed by atoms with Crippen LogP contribution < -0.4 is 10.5 Å². The van der Waals surface area contributed by atoms with Crippen molar-refractivity contribution < 1.29 is 4.74 Å². The smallest absolute Gasteiger partial charge is 0.119 e. The standard InChI is InChI=1S/C13H21NO/c1-4-11(3)13(14)9-15-12-7-5-6-10(2)8-12/h5-8,11,13H,4,9,14H2,1-3H3. The average molecular weight is 207 g/mol. The molecule has 0 radical (unpaired) electrons. The van der Waals surface area contributed by atoms with Crippen LogP contribution in [0.5, 0.6) is 5.75 Å². The lowest BCUT2D eigenvalue weighted by molar-refractivity contribution is 0.250. The van der Waals surface area contributed by atoms with Crippen molar-refractivity contribution >= 4 is 0 Å². The van der Waals surface area contributed by atoms with Gasteiger partial charge in [0, 0.05) is 6.04 Å². The third-order valence-electron chi connectivity index (χ3n) is 2.81. The van der Waals surface area contributed by atoms with Gasteiger partial charge < -0.3 is 10.5 Å². The van der Waals surface area contributed by atoms with Gasteiger partial charge in [-0.3, -0.25) is 0 Å². The second-order valence-corrected chi connectivity index (χ2v) is 4.18. The van der Waals surface area contributed by atoms with E-state index in [1.54, 1.807) is 0 Å². The maximum atomic E-state index is 5.99. The maximum Gasteiger partial charge on any atom is 0.119 e. The number of benzene rings is 1.